The van der Waals surface area contributed by atoms with E-state index in [0.29, 0.717) is 0 Å². The van der Waals surface area contributed by atoms with Crippen molar-refractivity contribution in [3.8, 4) is 0 Å². The SMILES string of the molecule is Fc1ccc(CC2=CCCc3cc(I)ccc32)cc1. The predicted octanol–water partition coefficient (Wildman–Crippen LogP) is 5.00. The number of hydrogen-bond donors (Lipinski definition) is 0. The lowest BCUT2D eigenvalue weighted by Gasteiger charge is -2.18. The van der Waals surface area contributed by atoms with Crippen LogP contribution in [-0.4, -0.2) is 0 Å². The number of halogens is 2. The van der Waals surface area contributed by atoms with Crippen molar-refractivity contribution in [1.29, 1.82) is 0 Å². The van der Waals surface area contributed by atoms with Gasteiger partial charge in [0, 0.05) is 3.57 Å². The molecule has 0 N–H and O–H groups in total. The number of aryl methyl sites for hydroxylation is 1. The number of rotatable bonds is 2. The van der Waals surface area contributed by atoms with Gasteiger partial charge >= 0.3 is 0 Å². The average molecular weight is 364 g/mol. The zero-order valence-corrected chi connectivity index (χ0v) is 12.7. The molecule has 0 unspecified atom stereocenters. The van der Waals surface area contributed by atoms with Gasteiger partial charge in [-0.15, -0.1) is 0 Å². The van der Waals surface area contributed by atoms with E-state index in [9.17, 15) is 4.39 Å². The van der Waals surface area contributed by atoms with Crippen molar-refractivity contribution in [2.45, 2.75) is 19.3 Å². The summed E-state index contributed by atoms with van der Waals surface area (Å²) in [6, 6.07) is 13.5. The molecule has 0 heterocycles. The summed E-state index contributed by atoms with van der Waals surface area (Å²) >= 11 is 2.36. The van der Waals surface area contributed by atoms with Gasteiger partial charge in [-0.1, -0.05) is 24.3 Å². The van der Waals surface area contributed by atoms with Gasteiger partial charge in [-0.05, 0) is 88.4 Å². The standard InChI is InChI=1S/C17H14FI/c18-15-6-4-12(5-7-15)10-13-2-1-3-14-11-16(19)8-9-17(13)14/h2,4-9,11H,1,3,10H2. The van der Waals surface area contributed by atoms with Crippen LogP contribution in [0.5, 0.6) is 0 Å². The Morgan fingerprint density at radius 3 is 2.63 bits per heavy atom. The molecule has 0 atom stereocenters. The van der Waals surface area contributed by atoms with E-state index in [-0.39, 0.29) is 5.82 Å². The van der Waals surface area contributed by atoms with E-state index in [0.717, 1.165) is 19.3 Å². The molecule has 2 aromatic carbocycles. The minimum Gasteiger partial charge on any atom is -0.207 e. The van der Waals surface area contributed by atoms with Crippen LogP contribution in [-0.2, 0) is 12.8 Å². The molecule has 0 saturated carbocycles. The van der Waals surface area contributed by atoms with Crippen LogP contribution < -0.4 is 0 Å². The second-order valence-electron chi connectivity index (χ2n) is 4.87. The number of allylic oxidation sites excluding steroid dienone is 2. The van der Waals surface area contributed by atoms with Crippen molar-refractivity contribution >= 4 is 28.2 Å². The van der Waals surface area contributed by atoms with Crippen molar-refractivity contribution in [2.24, 2.45) is 0 Å². The topological polar surface area (TPSA) is 0 Å². The first-order valence-electron chi connectivity index (χ1n) is 6.44. The third kappa shape index (κ3) is 2.89. The second kappa shape index (κ2) is 5.45. The van der Waals surface area contributed by atoms with Crippen molar-refractivity contribution in [3.05, 3.63) is 74.6 Å². The smallest absolute Gasteiger partial charge is 0.123 e. The molecule has 0 bridgehead atoms. The zero-order chi connectivity index (χ0) is 13.2. The zero-order valence-electron chi connectivity index (χ0n) is 10.5. The number of hydrogen-bond acceptors (Lipinski definition) is 0. The van der Waals surface area contributed by atoms with Crippen LogP contribution in [0.1, 0.15) is 23.1 Å². The predicted molar refractivity (Wildman–Crippen MR) is 85.6 cm³/mol. The lowest BCUT2D eigenvalue weighted by Crippen LogP contribution is -2.02. The largest absolute Gasteiger partial charge is 0.207 e. The summed E-state index contributed by atoms with van der Waals surface area (Å²) in [6.07, 6.45) is 5.43. The second-order valence-corrected chi connectivity index (χ2v) is 6.12. The quantitative estimate of drug-likeness (QED) is 0.658. The first-order chi connectivity index (χ1) is 9.22. The highest BCUT2D eigenvalue weighted by Crippen LogP contribution is 2.30. The molecule has 19 heavy (non-hydrogen) atoms. The van der Waals surface area contributed by atoms with Gasteiger partial charge in [0.2, 0.25) is 0 Å². The molecule has 0 aromatic heterocycles. The van der Waals surface area contributed by atoms with E-state index < -0.39 is 0 Å². The molecule has 0 amide bonds. The summed E-state index contributed by atoms with van der Waals surface area (Å²) in [7, 11) is 0. The van der Waals surface area contributed by atoms with Gasteiger partial charge in [0.1, 0.15) is 5.82 Å². The van der Waals surface area contributed by atoms with E-state index in [2.05, 4.69) is 46.9 Å². The third-order valence-electron chi connectivity index (χ3n) is 3.53. The molecule has 0 fully saturated rings. The van der Waals surface area contributed by atoms with Crippen molar-refractivity contribution in [1.82, 2.24) is 0 Å². The van der Waals surface area contributed by atoms with E-state index in [1.54, 1.807) is 0 Å². The summed E-state index contributed by atoms with van der Waals surface area (Å²) in [5.41, 5.74) is 5.32. The third-order valence-corrected chi connectivity index (χ3v) is 4.20. The monoisotopic (exact) mass is 364 g/mol. The van der Waals surface area contributed by atoms with Crippen molar-refractivity contribution in [3.63, 3.8) is 0 Å². The van der Waals surface area contributed by atoms with Gasteiger partial charge in [-0.25, -0.2) is 4.39 Å². The Labute approximate surface area is 126 Å². The van der Waals surface area contributed by atoms with Gasteiger partial charge in [0.25, 0.3) is 0 Å². The fourth-order valence-electron chi connectivity index (χ4n) is 2.58. The summed E-state index contributed by atoms with van der Waals surface area (Å²) in [5.74, 6) is -0.170. The highest BCUT2D eigenvalue weighted by molar-refractivity contribution is 14.1. The fraction of sp³-hybridized carbons (Fsp3) is 0.176. The molecule has 0 spiro atoms. The molecule has 0 saturated heterocycles. The highest BCUT2D eigenvalue weighted by atomic mass is 127. The summed E-state index contributed by atoms with van der Waals surface area (Å²) in [6.45, 7) is 0. The highest BCUT2D eigenvalue weighted by Gasteiger charge is 2.13. The molecule has 1 aliphatic rings. The molecular weight excluding hydrogens is 350 g/mol. The lowest BCUT2D eigenvalue weighted by molar-refractivity contribution is 0.627. The lowest BCUT2D eigenvalue weighted by atomic mass is 9.87. The maximum absolute atomic E-state index is 12.9. The molecule has 0 aliphatic heterocycles. The van der Waals surface area contributed by atoms with Crippen molar-refractivity contribution < 1.29 is 4.39 Å². The Morgan fingerprint density at radius 1 is 1.05 bits per heavy atom. The molecule has 2 aromatic rings. The van der Waals surface area contributed by atoms with E-state index in [1.165, 1.54) is 38.0 Å². The number of fused-ring (bicyclic) bond motifs is 1. The van der Waals surface area contributed by atoms with Gasteiger partial charge in [0.05, 0.1) is 0 Å². The molecule has 1 aliphatic carbocycles. The Kier molecular flexibility index (Phi) is 3.69. The molecule has 3 rings (SSSR count). The summed E-state index contributed by atoms with van der Waals surface area (Å²) < 4.78 is 14.2. The Bertz CT molecular complexity index is 626. The van der Waals surface area contributed by atoms with Crippen LogP contribution in [0.25, 0.3) is 5.57 Å². The van der Waals surface area contributed by atoms with Crippen LogP contribution >= 0.6 is 22.6 Å². The van der Waals surface area contributed by atoms with Crippen LogP contribution in [0.4, 0.5) is 4.39 Å². The normalized spacial score (nSPS) is 13.9. The first-order valence-corrected chi connectivity index (χ1v) is 7.52. The van der Waals surface area contributed by atoms with Gasteiger partial charge in [0.15, 0.2) is 0 Å². The number of benzene rings is 2. The maximum atomic E-state index is 12.9. The maximum Gasteiger partial charge on any atom is 0.123 e. The summed E-state index contributed by atoms with van der Waals surface area (Å²) in [5, 5.41) is 0. The van der Waals surface area contributed by atoms with Gasteiger partial charge < -0.3 is 0 Å². The minimum absolute atomic E-state index is 0.170. The van der Waals surface area contributed by atoms with Gasteiger partial charge in [-0.3, -0.25) is 0 Å². The van der Waals surface area contributed by atoms with E-state index >= 15 is 0 Å². The molecule has 2 heteroatoms. The van der Waals surface area contributed by atoms with Crippen molar-refractivity contribution in [2.75, 3.05) is 0 Å². The van der Waals surface area contributed by atoms with Crippen LogP contribution in [0.3, 0.4) is 0 Å². The minimum atomic E-state index is -0.170. The van der Waals surface area contributed by atoms with E-state index in [1.807, 2.05) is 12.1 Å². The average Bonchev–Trinajstić information content (AvgIpc) is 2.41. The van der Waals surface area contributed by atoms with E-state index in [4.69, 9.17) is 0 Å². The first kappa shape index (κ1) is 12.9. The summed E-state index contributed by atoms with van der Waals surface area (Å²) in [4.78, 5) is 0. The Hall–Kier alpha value is -1.16. The molecule has 0 radical (unpaired) electrons. The van der Waals surface area contributed by atoms with Crippen LogP contribution in [0.15, 0.2) is 48.5 Å². The van der Waals surface area contributed by atoms with Crippen LogP contribution in [0, 0.1) is 9.39 Å². The molecular formula is C17H14FI. The molecule has 0 nitrogen and oxygen atoms in total. The Balaban J connectivity index is 1.90. The van der Waals surface area contributed by atoms with Crippen LogP contribution in [0.2, 0.25) is 0 Å². The van der Waals surface area contributed by atoms with Gasteiger partial charge in [-0.2, -0.15) is 0 Å². The fourth-order valence-corrected chi connectivity index (χ4v) is 3.14. The molecule has 96 valence electrons. The Morgan fingerprint density at radius 2 is 1.84 bits per heavy atom.